The molecule has 0 saturated carbocycles. The molecule has 0 unspecified atom stereocenters. The van der Waals surface area contributed by atoms with Gasteiger partial charge < -0.3 is 15.5 Å². The van der Waals surface area contributed by atoms with Crippen molar-refractivity contribution in [1.29, 1.82) is 0 Å². The zero-order valence-corrected chi connectivity index (χ0v) is 10.9. The van der Waals surface area contributed by atoms with Crippen molar-refractivity contribution in [3.05, 3.63) is 46.9 Å². The fourth-order valence-corrected chi connectivity index (χ4v) is 1.60. The van der Waals surface area contributed by atoms with Crippen LogP contribution < -0.4 is 11.1 Å². The van der Waals surface area contributed by atoms with Gasteiger partial charge in [-0.15, -0.1) is 0 Å². The van der Waals surface area contributed by atoms with Gasteiger partial charge in [0.05, 0.1) is 17.9 Å². The number of hydrogen-bond acceptors (Lipinski definition) is 5. The number of aryl methyl sites for hydroxylation is 2. The summed E-state index contributed by atoms with van der Waals surface area (Å²) in [7, 11) is 0. The zero-order valence-electron chi connectivity index (χ0n) is 10.9. The third kappa shape index (κ3) is 3.17. The Kier molecular flexibility index (Phi) is 3.91. The number of pyridine rings is 1. The topological polar surface area (TPSA) is 94.0 Å². The van der Waals surface area contributed by atoms with Crippen LogP contribution in [0.3, 0.4) is 0 Å². The molecule has 0 aromatic carbocycles. The number of amides is 1. The molecule has 0 spiro atoms. The first-order valence-corrected chi connectivity index (χ1v) is 5.96. The fraction of sp³-hybridized carbons (Fsp3) is 0.308. The minimum atomic E-state index is -0.203. The predicted octanol–water partition coefficient (Wildman–Crippen LogP) is 1.08. The van der Waals surface area contributed by atoms with Crippen LogP contribution in [0.4, 0.5) is 0 Å². The van der Waals surface area contributed by atoms with E-state index in [1.165, 1.54) is 0 Å². The molecular weight excluding hydrogens is 244 g/mol. The van der Waals surface area contributed by atoms with E-state index in [1.54, 1.807) is 18.3 Å². The van der Waals surface area contributed by atoms with Gasteiger partial charge >= 0.3 is 0 Å². The van der Waals surface area contributed by atoms with Crippen molar-refractivity contribution in [1.82, 2.24) is 15.3 Å². The average molecular weight is 260 g/mol. The van der Waals surface area contributed by atoms with Gasteiger partial charge in [-0.3, -0.25) is 9.78 Å². The molecule has 1 amide bonds. The van der Waals surface area contributed by atoms with E-state index in [2.05, 4.69) is 15.3 Å². The first kappa shape index (κ1) is 13.2. The third-order valence-corrected chi connectivity index (χ3v) is 2.76. The van der Waals surface area contributed by atoms with Crippen LogP contribution in [0.25, 0.3) is 0 Å². The van der Waals surface area contributed by atoms with Crippen molar-refractivity contribution in [2.45, 2.75) is 26.9 Å². The number of hydrogen-bond donors (Lipinski definition) is 2. The molecule has 2 aromatic rings. The number of nitrogens with zero attached hydrogens (tertiary/aromatic N) is 2. The first-order valence-electron chi connectivity index (χ1n) is 5.96. The summed E-state index contributed by atoms with van der Waals surface area (Å²) >= 11 is 0. The lowest BCUT2D eigenvalue weighted by Gasteiger charge is -2.03. The Morgan fingerprint density at radius 3 is 2.89 bits per heavy atom. The predicted molar refractivity (Wildman–Crippen MR) is 69.3 cm³/mol. The molecule has 0 aliphatic heterocycles. The Bertz CT molecular complexity index is 573. The van der Waals surface area contributed by atoms with Crippen LogP contribution in [-0.4, -0.2) is 15.9 Å². The molecule has 0 atom stereocenters. The van der Waals surface area contributed by atoms with E-state index in [0.29, 0.717) is 23.7 Å². The van der Waals surface area contributed by atoms with Gasteiger partial charge in [0.15, 0.2) is 0 Å². The average Bonchev–Trinajstić information content (AvgIpc) is 2.75. The molecule has 0 radical (unpaired) electrons. The zero-order chi connectivity index (χ0) is 13.8. The molecule has 100 valence electrons. The summed E-state index contributed by atoms with van der Waals surface area (Å²) in [6, 6.07) is 3.31. The van der Waals surface area contributed by atoms with Crippen molar-refractivity contribution in [2.75, 3.05) is 0 Å². The van der Waals surface area contributed by atoms with Gasteiger partial charge in [0.1, 0.15) is 5.76 Å². The van der Waals surface area contributed by atoms with Crippen LogP contribution in [0.5, 0.6) is 0 Å². The highest BCUT2D eigenvalue weighted by Gasteiger charge is 2.09. The lowest BCUT2D eigenvalue weighted by atomic mass is 10.2. The molecule has 0 saturated heterocycles. The number of nitrogens with two attached hydrogens (primary N) is 1. The summed E-state index contributed by atoms with van der Waals surface area (Å²) < 4.78 is 5.39. The number of carbonyl (C=O) groups is 1. The Morgan fingerprint density at radius 1 is 1.47 bits per heavy atom. The van der Waals surface area contributed by atoms with Gasteiger partial charge in [-0.2, -0.15) is 0 Å². The number of rotatable bonds is 4. The summed E-state index contributed by atoms with van der Waals surface area (Å²) in [5.74, 6) is 1.06. The highest BCUT2D eigenvalue weighted by atomic mass is 16.4. The lowest BCUT2D eigenvalue weighted by Crippen LogP contribution is -2.23. The van der Waals surface area contributed by atoms with Crippen LogP contribution in [0.15, 0.2) is 22.7 Å². The highest BCUT2D eigenvalue weighted by molar-refractivity contribution is 5.94. The maximum atomic E-state index is 11.9. The van der Waals surface area contributed by atoms with Gasteiger partial charge in [-0.1, -0.05) is 0 Å². The first-order chi connectivity index (χ1) is 9.10. The SMILES string of the molecule is Cc1nc(CNC(=O)c2ccnc(CN)c2)oc1C. The summed E-state index contributed by atoms with van der Waals surface area (Å²) in [5, 5.41) is 2.74. The summed E-state index contributed by atoms with van der Waals surface area (Å²) in [4.78, 5) is 20.2. The second kappa shape index (κ2) is 5.62. The minimum absolute atomic E-state index is 0.203. The molecule has 2 aromatic heterocycles. The lowest BCUT2D eigenvalue weighted by molar-refractivity contribution is 0.0947. The highest BCUT2D eigenvalue weighted by Crippen LogP contribution is 2.08. The molecule has 19 heavy (non-hydrogen) atoms. The molecule has 3 N–H and O–H groups in total. The Labute approximate surface area is 111 Å². The van der Waals surface area contributed by atoms with Gasteiger partial charge in [0.2, 0.25) is 5.89 Å². The van der Waals surface area contributed by atoms with Crippen LogP contribution >= 0.6 is 0 Å². The standard InChI is InChI=1S/C13H16N4O2/c1-8-9(2)19-12(17-8)7-16-13(18)10-3-4-15-11(5-10)6-14/h3-5H,6-7,14H2,1-2H3,(H,16,18). The van der Waals surface area contributed by atoms with E-state index < -0.39 is 0 Å². The summed E-state index contributed by atoms with van der Waals surface area (Å²) in [5.41, 5.74) is 7.52. The van der Waals surface area contributed by atoms with Crippen LogP contribution in [-0.2, 0) is 13.1 Å². The van der Waals surface area contributed by atoms with Crippen molar-refractivity contribution < 1.29 is 9.21 Å². The molecule has 2 rings (SSSR count). The van der Waals surface area contributed by atoms with E-state index in [4.69, 9.17) is 10.2 Å². The molecule has 6 heteroatoms. The summed E-state index contributed by atoms with van der Waals surface area (Å²) in [6.07, 6.45) is 1.57. The number of aromatic nitrogens is 2. The smallest absolute Gasteiger partial charge is 0.251 e. The number of nitrogens with one attached hydrogen (secondary N) is 1. The number of carbonyl (C=O) groups excluding carboxylic acids is 1. The molecule has 0 aliphatic carbocycles. The van der Waals surface area contributed by atoms with Crippen molar-refractivity contribution in [2.24, 2.45) is 5.73 Å². The maximum Gasteiger partial charge on any atom is 0.251 e. The van der Waals surface area contributed by atoms with E-state index in [9.17, 15) is 4.79 Å². The fourth-order valence-electron chi connectivity index (χ4n) is 1.60. The van der Waals surface area contributed by atoms with E-state index in [0.717, 1.165) is 11.5 Å². The van der Waals surface area contributed by atoms with E-state index in [1.807, 2.05) is 13.8 Å². The molecule has 2 heterocycles. The quantitative estimate of drug-likeness (QED) is 0.857. The molecule has 0 bridgehead atoms. The monoisotopic (exact) mass is 260 g/mol. The Balaban J connectivity index is 2.00. The second-order valence-electron chi connectivity index (χ2n) is 4.17. The maximum absolute atomic E-state index is 11.9. The van der Waals surface area contributed by atoms with Crippen LogP contribution in [0, 0.1) is 13.8 Å². The van der Waals surface area contributed by atoms with Crippen molar-refractivity contribution >= 4 is 5.91 Å². The van der Waals surface area contributed by atoms with Crippen LogP contribution in [0.2, 0.25) is 0 Å². The third-order valence-electron chi connectivity index (χ3n) is 2.76. The molecule has 0 aliphatic rings. The van der Waals surface area contributed by atoms with Crippen molar-refractivity contribution in [3.8, 4) is 0 Å². The molecular formula is C13H16N4O2. The Hall–Kier alpha value is -2.21. The van der Waals surface area contributed by atoms with Gasteiger partial charge in [-0.05, 0) is 26.0 Å². The second-order valence-corrected chi connectivity index (χ2v) is 4.17. The van der Waals surface area contributed by atoms with Crippen molar-refractivity contribution in [3.63, 3.8) is 0 Å². The molecule has 6 nitrogen and oxygen atoms in total. The van der Waals surface area contributed by atoms with Gasteiger partial charge in [-0.25, -0.2) is 4.98 Å². The summed E-state index contributed by atoms with van der Waals surface area (Å²) in [6.45, 7) is 4.26. The van der Waals surface area contributed by atoms with E-state index in [-0.39, 0.29) is 12.5 Å². The number of oxazole rings is 1. The molecule has 0 fully saturated rings. The Morgan fingerprint density at radius 2 is 2.26 bits per heavy atom. The van der Waals surface area contributed by atoms with Gasteiger partial charge in [0, 0.05) is 18.3 Å². The normalized spacial score (nSPS) is 10.5. The van der Waals surface area contributed by atoms with Gasteiger partial charge in [0.25, 0.3) is 5.91 Å². The van der Waals surface area contributed by atoms with Crippen LogP contribution in [0.1, 0.15) is 33.4 Å². The minimum Gasteiger partial charge on any atom is -0.444 e. The van der Waals surface area contributed by atoms with E-state index >= 15 is 0 Å². The largest absolute Gasteiger partial charge is 0.444 e.